The minimum Gasteiger partial charge on any atom is -0.458 e. The highest BCUT2D eigenvalue weighted by molar-refractivity contribution is 6.31. The average Bonchev–Trinajstić information content (AvgIpc) is 3.14. The summed E-state index contributed by atoms with van der Waals surface area (Å²) >= 11 is 6.36. The fourth-order valence-electron chi connectivity index (χ4n) is 10.3. The van der Waals surface area contributed by atoms with E-state index in [1.54, 1.807) is 29.2 Å². The summed E-state index contributed by atoms with van der Waals surface area (Å²) in [6, 6.07) is 15.5. The van der Waals surface area contributed by atoms with Crippen LogP contribution >= 0.6 is 11.6 Å². The lowest BCUT2D eigenvalue weighted by molar-refractivity contribution is -0.189. The number of primary amides is 1. The summed E-state index contributed by atoms with van der Waals surface area (Å²) in [5.74, 6) is 1.69. The molecule has 8 rings (SSSR count). The number of carbonyl (C=O) groups is 3. The molecule has 5 saturated carbocycles. The Kier molecular flexibility index (Phi) is 8.58. The van der Waals surface area contributed by atoms with E-state index >= 15 is 0 Å². The molecule has 45 heavy (non-hydrogen) atoms. The molecular formula is C37H46ClN3O4. The molecule has 240 valence electrons. The van der Waals surface area contributed by atoms with Crippen LogP contribution in [0.4, 0.5) is 10.5 Å². The molecule has 0 radical (unpaired) electrons. The first-order valence-corrected chi connectivity index (χ1v) is 17.6. The standard InChI is InChI=1S/C37H46ClN3O4/c38-30-12-7-13-31(19-30)41(36(39)44)33-18-29(27-8-3-1-4-9-27)17-32(28-10-5-2-6-11-28)40(35(33)43)23-34(42)45-37-20-24-14-25(21-37)16-26(15-24)22-37/h1,3-4,7-9,12-13,19,24-26,28-29,32-33H,2,5-6,10-11,14-18,20-23H2,(H2,39,44). The molecule has 6 fully saturated rings. The quantitative estimate of drug-likeness (QED) is 0.321. The van der Waals surface area contributed by atoms with Gasteiger partial charge >= 0.3 is 12.0 Å². The van der Waals surface area contributed by atoms with Crippen molar-refractivity contribution in [3.63, 3.8) is 0 Å². The van der Waals surface area contributed by atoms with Crippen molar-refractivity contribution >= 4 is 35.2 Å². The fourth-order valence-corrected chi connectivity index (χ4v) is 10.5. The van der Waals surface area contributed by atoms with E-state index in [1.165, 1.54) is 30.6 Å². The number of rotatable bonds is 7. The zero-order chi connectivity index (χ0) is 31.1. The molecule has 3 unspecified atom stereocenters. The van der Waals surface area contributed by atoms with Crippen LogP contribution in [0, 0.1) is 23.7 Å². The largest absolute Gasteiger partial charge is 0.458 e. The molecule has 7 nitrogen and oxygen atoms in total. The van der Waals surface area contributed by atoms with Crippen LogP contribution in [0.2, 0.25) is 5.02 Å². The van der Waals surface area contributed by atoms with Crippen LogP contribution in [0.1, 0.15) is 95.0 Å². The molecule has 1 aliphatic heterocycles. The predicted molar refractivity (Wildman–Crippen MR) is 175 cm³/mol. The van der Waals surface area contributed by atoms with E-state index in [-0.39, 0.29) is 41.9 Å². The van der Waals surface area contributed by atoms with E-state index in [0.717, 1.165) is 56.9 Å². The third kappa shape index (κ3) is 6.34. The van der Waals surface area contributed by atoms with Gasteiger partial charge in [0.2, 0.25) is 5.91 Å². The number of amides is 3. The van der Waals surface area contributed by atoms with Crippen LogP contribution in [-0.4, -0.2) is 47.0 Å². The van der Waals surface area contributed by atoms with Crippen molar-refractivity contribution in [2.24, 2.45) is 29.4 Å². The van der Waals surface area contributed by atoms with E-state index in [0.29, 0.717) is 34.9 Å². The Morgan fingerprint density at radius 2 is 1.56 bits per heavy atom. The number of benzene rings is 2. The first kappa shape index (κ1) is 30.6. The number of hydrogen-bond donors (Lipinski definition) is 1. The van der Waals surface area contributed by atoms with Gasteiger partial charge in [0, 0.05) is 16.8 Å². The molecule has 2 aromatic rings. The highest BCUT2D eigenvalue weighted by atomic mass is 35.5. The van der Waals surface area contributed by atoms with Crippen LogP contribution in [-0.2, 0) is 14.3 Å². The minimum atomic E-state index is -0.882. The predicted octanol–water partition coefficient (Wildman–Crippen LogP) is 7.46. The summed E-state index contributed by atoms with van der Waals surface area (Å²) in [4.78, 5) is 45.3. The summed E-state index contributed by atoms with van der Waals surface area (Å²) in [5, 5.41) is 0.454. The summed E-state index contributed by atoms with van der Waals surface area (Å²) in [6.45, 7) is -0.0953. The SMILES string of the molecule is NC(=O)N(c1cccc(Cl)c1)C1CC(c2ccccc2)CC(C2CCCCC2)N(CC(=O)OC23CC4CC(CC(C4)C2)C3)C1=O. The van der Waals surface area contributed by atoms with E-state index in [4.69, 9.17) is 22.1 Å². The highest BCUT2D eigenvalue weighted by Gasteiger charge is 2.54. The van der Waals surface area contributed by atoms with Crippen LogP contribution in [0.15, 0.2) is 54.6 Å². The smallest absolute Gasteiger partial charge is 0.326 e. The van der Waals surface area contributed by atoms with Gasteiger partial charge in [0.15, 0.2) is 0 Å². The first-order valence-electron chi connectivity index (χ1n) is 17.2. The van der Waals surface area contributed by atoms with Crippen LogP contribution < -0.4 is 10.6 Å². The van der Waals surface area contributed by atoms with Crippen molar-refractivity contribution in [3.05, 3.63) is 65.2 Å². The number of anilines is 1. The molecule has 4 bridgehead atoms. The van der Waals surface area contributed by atoms with Crippen LogP contribution in [0.5, 0.6) is 0 Å². The third-order valence-electron chi connectivity index (χ3n) is 11.7. The molecule has 2 N–H and O–H groups in total. The van der Waals surface area contributed by atoms with Crippen molar-refractivity contribution in [1.29, 1.82) is 0 Å². The number of halogens is 1. The molecule has 3 atom stereocenters. The number of nitrogens with zero attached hydrogens (tertiary/aromatic N) is 2. The van der Waals surface area contributed by atoms with Gasteiger partial charge in [-0.1, -0.05) is 67.3 Å². The van der Waals surface area contributed by atoms with E-state index < -0.39 is 12.1 Å². The maximum absolute atomic E-state index is 14.9. The second-order valence-corrected chi connectivity index (χ2v) is 15.2. The molecule has 8 heteroatoms. The van der Waals surface area contributed by atoms with Crippen molar-refractivity contribution in [3.8, 4) is 0 Å². The molecule has 5 aliphatic carbocycles. The number of hydrogen-bond acceptors (Lipinski definition) is 4. The van der Waals surface area contributed by atoms with Gasteiger partial charge in [0.25, 0.3) is 0 Å². The summed E-state index contributed by atoms with van der Waals surface area (Å²) in [5.41, 5.74) is 7.27. The van der Waals surface area contributed by atoms with Crippen LogP contribution in [0.25, 0.3) is 0 Å². The van der Waals surface area contributed by atoms with Gasteiger partial charge < -0.3 is 15.4 Å². The summed E-state index contributed by atoms with van der Waals surface area (Å²) in [7, 11) is 0. The molecule has 2 aromatic carbocycles. The average molecular weight is 632 g/mol. The van der Waals surface area contributed by atoms with Gasteiger partial charge in [0.05, 0.1) is 0 Å². The Hall–Kier alpha value is -3.06. The maximum Gasteiger partial charge on any atom is 0.326 e. The zero-order valence-electron chi connectivity index (χ0n) is 26.1. The number of nitrogens with two attached hydrogens (primary N) is 1. The monoisotopic (exact) mass is 631 g/mol. The van der Waals surface area contributed by atoms with Gasteiger partial charge in [0.1, 0.15) is 18.2 Å². The van der Waals surface area contributed by atoms with Gasteiger partial charge in [-0.05, 0) is 118 Å². The third-order valence-corrected chi connectivity index (χ3v) is 11.9. The van der Waals surface area contributed by atoms with Crippen molar-refractivity contribution in [2.75, 3.05) is 11.4 Å². The molecule has 1 saturated heterocycles. The van der Waals surface area contributed by atoms with E-state index in [1.807, 2.05) is 18.2 Å². The Balaban J connectivity index is 1.24. The zero-order valence-corrected chi connectivity index (χ0v) is 26.9. The van der Waals surface area contributed by atoms with Gasteiger partial charge in [-0.2, -0.15) is 0 Å². The first-order chi connectivity index (χ1) is 21.8. The number of carbonyl (C=O) groups excluding carboxylic acids is 3. The molecular weight excluding hydrogens is 586 g/mol. The summed E-state index contributed by atoms with van der Waals surface area (Å²) in [6.07, 6.45) is 13.3. The summed E-state index contributed by atoms with van der Waals surface area (Å²) < 4.78 is 6.48. The lowest BCUT2D eigenvalue weighted by Crippen LogP contribution is -2.57. The van der Waals surface area contributed by atoms with Crippen LogP contribution in [0.3, 0.4) is 0 Å². The van der Waals surface area contributed by atoms with E-state index in [9.17, 15) is 14.4 Å². The fraction of sp³-hybridized carbons (Fsp3) is 0.595. The molecule has 1 heterocycles. The second kappa shape index (κ2) is 12.6. The van der Waals surface area contributed by atoms with Gasteiger partial charge in [-0.25, -0.2) is 4.79 Å². The number of ether oxygens (including phenoxy) is 1. The number of likely N-dealkylation sites (tertiary alicyclic amines) is 1. The lowest BCUT2D eigenvalue weighted by atomic mass is 9.54. The molecule has 0 aromatic heterocycles. The van der Waals surface area contributed by atoms with Gasteiger partial charge in [-0.15, -0.1) is 0 Å². The van der Waals surface area contributed by atoms with E-state index in [2.05, 4.69) is 12.1 Å². The highest BCUT2D eigenvalue weighted by Crippen LogP contribution is 2.57. The lowest BCUT2D eigenvalue weighted by Gasteiger charge is -2.55. The Bertz CT molecular complexity index is 1370. The Morgan fingerprint density at radius 1 is 0.889 bits per heavy atom. The molecule has 6 aliphatic rings. The Labute approximate surface area is 271 Å². The second-order valence-electron chi connectivity index (χ2n) is 14.8. The van der Waals surface area contributed by atoms with Crippen molar-refractivity contribution in [2.45, 2.75) is 107 Å². The molecule has 3 amide bonds. The van der Waals surface area contributed by atoms with Crippen molar-refractivity contribution in [1.82, 2.24) is 4.90 Å². The topological polar surface area (TPSA) is 92.9 Å². The molecule has 0 spiro atoms. The number of esters is 1. The Morgan fingerprint density at radius 3 is 2.18 bits per heavy atom. The maximum atomic E-state index is 14.9. The number of urea groups is 1. The van der Waals surface area contributed by atoms with Crippen molar-refractivity contribution < 1.29 is 19.1 Å². The van der Waals surface area contributed by atoms with Gasteiger partial charge in [-0.3, -0.25) is 14.5 Å². The minimum absolute atomic E-state index is 0.00251. The normalized spacial score (nSPS) is 33.1.